The van der Waals surface area contributed by atoms with E-state index in [2.05, 4.69) is 67.5 Å². The number of aromatic hydroxyl groups is 1. The third-order valence-corrected chi connectivity index (χ3v) is 7.16. The van der Waals surface area contributed by atoms with Crippen LogP contribution >= 0.6 is 0 Å². The minimum absolute atomic E-state index is 0.0935. The van der Waals surface area contributed by atoms with Crippen LogP contribution in [0.25, 0.3) is 11.1 Å². The summed E-state index contributed by atoms with van der Waals surface area (Å²) in [5, 5.41) is 20.2. The molecule has 1 aliphatic heterocycles. The highest BCUT2D eigenvalue weighted by Gasteiger charge is 2.40. The quantitative estimate of drug-likeness (QED) is 0.373. The lowest BCUT2D eigenvalue weighted by Crippen LogP contribution is -2.28. The van der Waals surface area contributed by atoms with Crippen molar-refractivity contribution in [2.45, 2.75) is 71.6 Å². The highest BCUT2D eigenvalue weighted by atomic mass is 16.5. The number of ether oxygens (including phenoxy) is 1. The Hall–Kier alpha value is -3.60. The molecule has 0 aliphatic carbocycles. The summed E-state index contributed by atoms with van der Waals surface area (Å²) in [4.78, 5) is 24.0. The molecule has 36 heavy (non-hydrogen) atoms. The van der Waals surface area contributed by atoms with Gasteiger partial charge in [-0.25, -0.2) is 4.79 Å². The summed E-state index contributed by atoms with van der Waals surface area (Å²) in [6, 6.07) is 12.8. The van der Waals surface area contributed by atoms with Crippen LogP contribution in [0, 0.1) is 0 Å². The van der Waals surface area contributed by atoms with Crippen molar-refractivity contribution < 1.29 is 24.5 Å². The molecule has 5 heteroatoms. The summed E-state index contributed by atoms with van der Waals surface area (Å²) < 4.78 is 6.50. The summed E-state index contributed by atoms with van der Waals surface area (Å²) in [5.74, 6) is -0.234. The van der Waals surface area contributed by atoms with Crippen LogP contribution in [0.4, 0.5) is 0 Å². The van der Waals surface area contributed by atoms with Crippen molar-refractivity contribution in [1.29, 1.82) is 0 Å². The number of hydrogen-bond acceptors (Lipinski definition) is 4. The third kappa shape index (κ3) is 4.17. The van der Waals surface area contributed by atoms with Gasteiger partial charge in [-0.2, -0.15) is 0 Å². The molecule has 0 spiro atoms. The average Bonchev–Trinajstić information content (AvgIpc) is 2.77. The van der Waals surface area contributed by atoms with E-state index in [4.69, 9.17) is 4.74 Å². The van der Waals surface area contributed by atoms with E-state index in [0.29, 0.717) is 23.3 Å². The van der Waals surface area contributed by atoms with E-state index in [1.54, 1.807) is 18.2 Å². The first kappa shape index (κ1) is 25.5. The fourth-order valence-electron chi connectivity index (χ4n) is 4.71. The summed E-state index contributed by atoms with van der Waals surface area (Å²) in [7, 11) is 0. The molecule has 0 saturated heterocycles. The van der Waals surface area contributed by atoms with E-state index in [1.807, 2.05) is 6.07 Å². The van der Waals surface area contributed by atoms with Gasteiger partial charge in [0.1, 0.15) is 22.8 Å². The van der Waals surface area contributed by atoms with Gasteiger partial charge in [0.15, 0.2) is 6.29 Å². The van der Waals surface area contributed by atoms with Crippen molar-refractivity contribution in [3.63, 3.8) is 0 Å². The molecular weight excluding hydrogens is 452 g/mol. The highest BCUT2D eigenvalue weighted by Crippen LogP contribution is 2.54. The predicted molar refractivity (Wildman–Crippen MR) is 142 cm³/mol. The van der Waals surface area contributed by atoms with Crippen molar-refractivity contribution in [3.05, 3.63) is 75.8 Å². The number of carbonyl (C=O) groups is 2. The first-order chi connectivity index (χ1) is 16.6. The Morgan fingerprint density at radius 1 is 0.861 bits per heavy atom. The van der Waals surface area contributed by atoms with Crippen LogP contribution < -0.4 is 4.74 Å². The van der Waals surface area contributed by atoms with Crippen molar-refractivity contribution in [1.82, 2.24) is 0 Å². The molecule has 0 atom stereocenters. The fourth-order valence-corrected chi connectivity index (χ4v) is 4.71. The van der Waals surface area contributed by atoms with E-state index in [9.17, 15) is 19.8 Å². The molecule has 0 unspecified atom stereocenters. The molecule has 4 rings (SSSR count). The number of rotatable bonds is 3. The normalized spacial score (nSPS) is 14.4. The van der Waals surface area contributed by atoms with Crippen LogP contribution in [-0.4, -0.2) is 22.5 Å². The second-order valence-corrected chi connectivity index (χ2v) is 12.2. The van der Waals surface area contributed by atoms with Crippen LogP contribution in [0.1, 0.15) is 98.4 Å². The molecule has 0 saturated carbocycles. The monoisotopic (exact) mass is 486 g/mol. The van der Waals surface area contributed by atoms with Crippen LogP contribution in [0.15, 0.2) is 42.5 Å². The maximum absolute atomic E-state index is 12.4. The number of carbonyl (C=O) groups excluding carboxylic acids is 1. The molecule has 1 heterocycles. The van der Waals surface area contributed by atoms with Crippen molar-refractivity contribution in [3.8, 4) is 28.4 Å². The molecule has 188 valence electrons. The Bertz CT molecular complexity index is 1400. The number of aromatic carboxylic acids is 1. The molecule has 1 aliphatic rings. The van der Waals surface area contributed by atoms with E-state index < -0.39 is 11.4 Å². The molecule has 0 radical (unpaired) electrons. The van der Waals surface area contributed by atoms with E-state index >= 15 is 0 Å². The zero-order valence-corrected chi connectivity index (χ0v) is 22.2. The Balaban J connectivity index is 2.09. The number of carboxylic acids is 1. The first-order valence-electron chi connectivity index (χ1n) is 12.1. The predicted octanol–water partition coefficient (Wildman–Crippen LogP) is 7.60. The van der Waals surface area contributed by atoms with Crippen molar-refractivity contribution in [2.24, 2.45) is 0 Å². The molecule has 0 aromatic heterocycles. The second kappa shape index (κ2) is 8.22. The van der Waals surface area contributed by atoms with Crippen LogP contribution in [0.2, 0.25) is 0 Å². The molecule has 3 aromatic rings. The van der Waals surface area contributed by atoms with Crippen molar-refractivity contribution >= 4 is 12.3 Å². The van der Waals surface area contributed by atoms with Gasteiger partial charge in [-0.3, -0.25) is 4.79 Å². The van der Waals surface area contributed by atoms with Gasteiger partial charge < -0.3 is 14.9 Å². The Labute approximate surface area is 212 Å². The lowest BCUT2D eigenvalue weighted by Gasteiger charge is -2.38. The second-order valence-electron chi connectivity index (χ2n) is 12.2. The van der Waals surface area contributed by atoms with Gasteiger partial charge in [0.05, 0.1) is 5.56 Å². The number of hydrogen-bond donors (Lipinski definition) is 2. The zero-order valence-electron chi connectivity index (χ0n) is 22.2. The maximum Gasteiger partial charge on any atom is 0.339 e. The average molecular weight is 487 g/mol. The van der Waals surface area contributed by atoms with Gasteiger partial charge in [-0.15, -0.1) is 0 Å². The zero-order chi connectivity index (χ0) is 26.8. The Morgan fingerprint density at radius 2 is 1.42 bits per heavy atom. The van der Waals surface area contributed by atoms with Crippen LogP contribution in [-0.2, 0) is 16.2 Å². The minimum atomic E-state index is -1.04. The smallest absolute Gasteiger partial charge is 0.339 e. The number of fused-ring (bicyclic) bond motifs is 2. The van der Waals surface area contributed by atoms with E-state index in [-0.39, 0.29) is 27.7 Å². The van der Waals surface area contributed by atoms with Gasteiger partial charge in [0.25, 0.3) is 0 Å². The summed E-state index contributed by atoms with van der Waals surface area (Å²) >= 11 is 0. The molecular formula is C31H34O5. The van der Waals surface area contributed by atoms with Crippen molar-refractivity contribution in [2.75, 3.05) is 0 Å². The molecule has 0 bridgehead atoms. The van der Waals surface area contributed by atoms with E-state index in [1.165, 1.54) is 6.07 Å². The standard InChI is InChI=1S/C31H34O5/c1-29(2,3)19-12-21(17-9-10-25(33)18(11-17)16-32)26-23(14-19)31(7,8)24-15-20(30(4,5)6)13-22(28(34)35)27(24)36-26/h9-16,33H,1-8H3,(H,34,35). The molecule has 0 fully saturated rings. The Kier molecular flexibility index (Phi) is 5.82. The summed E-state index contributed by atoms with van der Waals surface area (Å²) in [6.07, 6.45) is 0.621. The number of phenols is 1. The van der Waals surface area contributed by atoms with Gasteiger partial charge in [-0.05, 0) is 51.8 Å². The molecule has 5 nitrogen and oxygen atoms in total. The lowest BCUT2D eigenvalue weighted by atomic mass is 9.70. The number of aldehydes is 1. The number of benzene rings is 3. The minimum Gasteiger partial charge on any atom is -0.507 e. The van der Waals surface area contributed by atoms with E-state index in [0.717, 1.165) is 27.8 Å². The fraction of sp³-hybridized carbons (Fsp3) is 0.355. The largest absolute Gasteiger partial charge is 0.507 e. The molecule has 2 N–H and O–H groups in total. The highest BCUT2D eigenvalue weighted by molar-refractivity contribution is 5.93. The van der Waals surface area contributed by atoms with Gasteiger partial charge in [0.2, 0.25) is 0 Å². The number of carboxylic acid groups (broad SMARTS) is 1. The Morgan fingerprint density at radius 3 is 1.94 bits per heavy atom. The van der Waals surface area contributed by atoms with Crippen LogP contribution in [0.5, 0.6) is 17.2 Å². The first-order valence-corrected chi connectivity index (χ1v) is 12.1. The summed E-state index contributed by atoms with van der Waals surface area (Å²) in [5.41, 5.74) is 4.57. The maximum atomic E-state index is 12.4. The summed E-state index contributed by atoms with van der Waals surface area (Å²) in [6.45, 7) is 16.8. The van der Waals surface area contributed by atoms with Gasteiger partial charge in [-0.1, -0.05) is 73.6 Å². The SMILES string of the molecule is CC(C)(C)c1cc(C(=O)O)c2c(c1)C(C)(C)c1cc(C(C)(C)C)cc(-c3ccc(O)c(C=O)c3)c1O2. The topological polar surface area (TPSA) is 83.8 Å². The molecule has 0 amide bonds. The molecule has 3 aromatic carbocycles. The third-order valence-electron chi connectivity index (χ3n) is 7.16. The van der Waals surface area contributed by atoms with Gasteiger partial charge >= 0.3 is 5.97 Å². The van der Waals surface area contributed by atoms with Gasteiger partial charge in [0, 0.05) is 22.1 Å². The lowest BCUT2D eigenvalue weighted by molar-refractivity contribution is 0.0693. The number of phenolic OH excluding ortho intramolecular Hbond substituents is 1. The van der Waals surface area contributed by atoms with Crippen LogP contribution in [0.3, 0.4) is 0 Å².